The van der Waals surface area contributed by atoms with Gasteiger partial charge in [0.05, 0.1) is 6.04 Å². The highest BCUT2D eigenvalue weighted by molar-refractivity contribution is 5.86. The number of aromatic amines is 1. The molecule has 1 aromatic carbocycles. The number of aromatic nitrogens is 1. The van der Waals surface area contributed by atoms with Gasteiger partial charge in [0, 0.05) is 30.2 Å². The number of hydrogen-bond donors (Lipinski definition) is 3. The molecule has 5 nitrogen and oxygen atoms in total. The first-order valence-electron chi connectivity index (χ1n) is 8.04. The Morgan fingerprint density at radius 1 is 1.32 bits per heavy atom. The zero-order chi connectivity index (χ0) is 15.4. The molecule has 1 aliphatic rings. The van der Waals surface area contributed by atoms with Crippen LogP contribution in [0.25, 0.3) is 10.9 Å². The highest BCUT2D eigenvalue weighted by Crippen LogP contribution is 2.18. The van der Waals surface area contributed by atoms with Crippen molar-refractivity contribution in [3.63, 3.8) is 0 Å². The van der Waals surface area contributed by atoms with Gasteiger partial charge in [0.1, 0.15) is 0 Å². The molecule has 0 aliphatic carbocycles. The number of nitrogens with two attached hydrogens (primary N) is 1. The summed E-state index contributed by atoms with van der Waals surface area (Å²) in [6, 6.07) is 7.58. The number of carbonyl (C=O) groups excluding carboxylic acids is 1. The number of amides is 1. The molecular formula is C17H24N4O. The third kappa shape index (κ3) is 3.48. The number of likely N-dealkylation sites (tertiary alicyclic amines) is 1. The van der Waals surface area contributed by atoms with E-state index in [1.807, 2.05) is 24.4 Å². The second-order valence-corrected chi connectivity index (χ2v) is 6.01. The van der Waals surface area contributed by atoms with E-state index in [1.165, 1.54) is 12.8 Å². The van der Waals surface area contributed by atoms with Crippen LogP contribution >= 0.6 is 0 Å². The van der Waals surface area contributed by atoms with E-state index in [1.54, 1.807) is 0 Å². The SMILES string of the molecule is N[C@@H](Cc1c[nH]c2ccccc12)C(=O)NCCN1CCCC1. The molecule has 0 spiro atoms. The fraction of sp³-hybridized carbons (Fsp3) is 0.471. The average molecular weight is 300 g/mol. The van der Waals surface area contributed by atoms with Gasteiger partial charge in [0.25, 0.3) is 0 Å². The summed E-state index contributed by atoms with van der Waals surface area (Å²) in [5.41, 5.74) is 8.23. The highest BCUT2D eigenvalue weighted by atomic mass is 16.2. The number of nitrogens with one attached hydrogen (secondary N) is 2. The zero-order valence-corrected chi connectivity index (χ0v) is 12.8. The predicted molar refractivity (Wildman–Crippen MR) is 88.7 cm³/mol. The molecular weight excluding hydrogens is 276 g/mol. The van der Waals surface area contributed by atoms with E-state index in [0.717, 1.165) is 36.1 Å². The van der Waals surface area contributed by atoms with Gasteiger partial charge in [0.2, 0.25) is 5.91 Å². The molecule has 1 aliphatic heterocycles. The Labute approximate surface area is 130 Å². The van der Waals surface area contributed by atoms with Crippen LogP contribution < -0.4 is 11.1 Å². The minimum Gasteiger partial charge on any atom is -0.361 e. The van der Waals surface area contributed by atoms with Crippen LogP contribution in [0.5, 0.6) is 0 Å². The van der Waals surface area contributed by atoms with E-state index < -0.39 is 6.04 Å². The molecule has 0 bridgehead atoms. The molecule has 3 rings (SSSR count). The number of benzene rings is 1. The van der Waals surface area contributed by atoms with Crippen molar-refractivity contribution in [1.29, 1.82) is 0 Å². The van der Waals surface area contributed by atoms with E-state index >= 15 is 0 Å². The van der Waals surface area contributed by atoms with Crippen LogP contribution in [0.3, 0.4) is 0 Å². The number of hydrogen-bond acceptors (Lipinski definition) is 3. The Kier molecular flexibility index (Phi) is 4.75. The fourth-order valence-electron chi connectivity index (χ4n) is 3.10. The maximum absolute atomic E-state index is 12.1. The van der Waals surface area contributed by atoms with Crippen LogP contribution in [0.4, 0.5) is 0 Å². The Hall–Kier alpha value is -1.85. The number of nitrogens with zero attached hydrogens (tertiary/aromatic N) is 1. The van der Waals surface area contributed by atoms with Crippen LogP contribution in [0, 0.1) is 0 Å². The lowest BCUT2D eigenvalue weighted by molar-refractivity contribution is -0.122. The normalized spacial score (nSPS) is 17.0. The molecule has 22 heavy (non-hydrogen) atoms. The Morgan fingerprint density at radius 3 is 2.91 bits per heavy atom. The molecule has 5 heteroatoms. The molecule has 4 N–H and O–H groups in total. The molecule has 1 saturated heterocycles. The van der Waals surface area contributed by atoms with E-state index in [-0.39, 0.29) is 5.91 Å². The molecule has 0 radical (unpaired) electrons. The molecule has 2 aromatic rings. The zero-order valence-electron chi connectivity index (χ0n) is 12.8. The van der Waals surface area contributed by atoms with Gasteiger partial charge in [-0.2, -0.15) is 0 Å². The second-order valence-electron chi connectivity index (χ2n) is 6.01. The van der Waals surface area contributed by atoms with Crippen LogP contribution in [0.2, 0.25) is 0 Å². The highest BCUT2D eigenvalue weighted by Gasteiger charge is 2.17. The third-order valence-electron chi connectivity index (χ3n) is 4.38. The van der Waals surface area contributed by atoms with Crippen LogP contribution in [0.1, 0.15) is 18.4 Å². The molecule has 1 atom stereocenters. The first kappa shape index (κ1) is 15.1. The van der Waals surface area contributed by atoms with Gasteiger partial charge in [0.15, 0.2) is 0 Å². The quantitative estimate of drug-likeness (QED) is 0.751. The lowest BCUT2D eigenvalue weighted by Gasteiger charge is -2.16. The third-order valence-corrected chi connectivity index (χ3v) is 4.38. The van der Waals surface area contributed by atoms with Crippen molar-refractivity contribution in [3.05, 3.63) is 36.0 Å². The van der Waals surface area contributed by atoms with Crippen molar-refractivity contribution in [1.82, 2.24) is 15.2 Å². The van der Waals surface area contributed by atoms with Crippen molar-refractivity contribution in [2.45, 2.75) is 25.3 Å². The van der Waals surface area contributed by atoms with Crippen LogP contribution in [-0.4, -0.2) is 48.0 Å². The van der Waals surface area contributed by atoms with E-state index in [4.69, 9.17) is 5.73 Å². The Balaban J connectivity index is 1.50. The smallest absolute Gasteiger partial charge is 0.237 e. The summed E-state index contributed by atoms with van der Waals surface area (Å²) >= 11 is 0. The van der Waals surface area contributed by atoms with E-state index in [9.17, 15) is 4.79 Å². The van der Waals surface area contributed by atoms with Crippen molar-refractivity contribution in [2.24, 2.45) is 5.73 Å². The van der Waals surface area contributed by atoms with Crippen molar-refractivity contribution < 1.29 is 4.79 Å². The number of rotatable bonds is 6. The van der Waals surface area contributed by atoms with Gasteiger partial charge in [-0.1, -0.05) is 18.2 Å². The van der Waals surface area contributed by atoms with E-state index in [2.05, 4.69) is 21.3 Å². The van der Waals surface area contributed by atoms with Crippen LogP contribution in [0.15, 0.2) is 30.5 Å². The summed E-state index contributed by atoms with van der Waals surface area (Å²) in [6.07, 6.45) is 5.05. The van der Waals surface area contributed by atoms with Gasteiger partial charge in [-0.05, 0) is 44.0 Å². The fourth-order valence-corrected chi connectivity index (χ4v) is 3.10. The Bertz CT molecular complexity index is 630. The van der Waals surface area contributed by atoms with E-state index in [0.29, 0.717) is 13.0 Å². The minimum atomic E-state index is -0.502. The monoisotopic (exact) mass is 300 g/mol. The number of para-hydroxylation sites is 1. The summed E-state index contributed by atoms with van der Waals surface area (Å²) in [7, 11) is 0. The standard InChI is InChI=1S/C17H24N4O/c18-15(17(22)19-7-10-21-8-3-4-9-21)11-13-12-20-16-6-2-1-5-14(13)16/h1-2,5-6,12,15,20H,3-4,7-11,18H2,(H,19,22)/t15-/m0/s1. The topological polar surface area (TPSA) is 74.1 Å². The lowest BCUT2D eigenvalue weighted by atomic mass is 10.1. The van der Waals surface area contributed by atoms with Crippen molar-refractivity contribution in [3.8, 4) is 0 Å². The number of carbonyl (C=O) groups is 1. The van der Waals surface area contributed by atoms with Crippen molar-refractivity contribution in [2.75, 3.05) is 26.2 Å². The maximum Gasteiger partial charge on any atom is 0.237 e. The summed E-state index contributed by atoms with van der Waals surface area (Å²) in [5, 5.41) is 4.10. The molecule has 0 unspecified atom stereocenters. The van der Waals surface area contributed by atoms with Gasteiger partial charge >= 0.3 is 0 Å². The average Bonchev–Trinajstić information content (AvgIpc) is 3.17. The minimum absolute atomic E-state index is 0.0653. The lowest BCUT2D eigenvalue weighted by Crippen LogP contribution is -2.44. The van der Waals surface area contributed by atoms with Crippen LogP contribution in [-0.2, 0) is 11.2 Å². The van der Waals surface area contributed by atoms with Gasteiger partial charge < -0.3 is 20.9 Å². The number of H-pyrrole nitrogens is 1. The summed E-state index contributed by atoms with van der Waals surface area (Å²) in [6.45, 7) is 3.90. The summed E-state index contributed by atoms with van der Waals surface area (Å²) < 4.78 is 0. The molecule has 118 valence electrons. The second kappa shape index (κ2) is 6.94. The molecule has 1 amide bonds. The molecule has 0 saturated carbocycles. The van der Waals surface area contributed by atoms with Gasteiger partial charge in [-0.25, -0.2) is 0 Å². The number of fused-ring (bicyclic) bond motifs is 1. The van der Waals surface area contributed by atoms with Gasteiger partial charge in [-0.3, -0.25) is 4.79 Å². The van der Waals surface area contributed by atoms with Gasteiger partial charge in [-0.15, -0.1) is 0 Å². The largest absolute Gasteiger partial charge is 0.361 e. The summed E-state index contributed by atoms with van der Waals surface area (Å²) in [5.74, 6) is -0.0653. The summed E-state index contributed by atoms with van der Waals surface area (Å²) in [4.78, 5) is 17.7. The first-order valence-corrected chi connectivity index (χ1v) is 8.04. The van der Waals surface area contributed by atoms with Crippen molar-refractivity contribution >= 4 is 16.8 Å². The molecule has 2 heterocycles. The molecule has 1 fully saturated rings. The maximum atomic E-state index is 12.1. The predicted octanol–water partition coefficient (Wildman–Crippen LogP) is 1.25. The first-order chi connectivity index (χ1) is 10.7. The Morgan fingerprint density at radius 2 is 2.09 bits per heavy atom. The molecule has 1 aromatic heterocycles.